The summed E-state index contributed by atoms with van der Waals surface area (Å²) in [7, 11) is 0. The number of aryl methyl sites for hydroxylation is 2. The zero-order valence-electron chi connectivity index (χ0n) is 23.2. The molecule has 1 fully saturated rings. The van der Waals surface area contributed by atoms with Crippen LogP contribution in [-0.2, 0) is 12.8 Å². The maximum Gasteiger partial charge on any atom is 0.167 e. The van der Waals surface area contributed by atoms with Gasteiger partial charge in [0.1, 0.15) is 0 Å². The van der Waals surface area contributed by atoms with E-state index in [1.54, 1.807) is 0 Å². The molecule has 4 aromatic rings. The molecule has 0 N–H and O–H groups in total. The molecule has 0 aromatic heterocycles. The Morgan fingerprint density at radius 1 is 0.525 bits per heavy atom. The molecule has 0 spiro atoms. The molecule has 0 radical (unpaired) electrons. The van der Waals surface area contributed by atoms with Gasteiger partial charge in [-0.1, -0.05) is 147 Å². The number of allylic oxidation sites excluding steroid dienone is 2. The number of ketones is 2. The summed E-state index contributed by atoms with van der Waals surface area (Å²) in [5, 5.41) is 0. The highest BCUT2D eigenvalue weighted by atomic mass is 16.1. The smallest absolute Gasteiger partial charge is 0.167 e. The maximum atomic E-state index is 14.1. The number of carbonyl (C=O) groups is 2. The lowest BCUT2D eigenvalue weighted by atomic mass is 9.52. The lowest BCUT2D eigenvalue weighted by molar-refractivity contribution is 0.0316. The first-order chi connectivity index (χ1) is 19.6. The van der Waals surface area contributed by atoms with E-state index in [2.05, 4.69) is 62.4 Å². The number of hydrogen-bond donors (Lipinski definition) is 0. The van der Waals surface area contributed by atoms with E-state index in [0.717, 1.165) is 24.0 Å². The first kappa shape index (κ1) is 27.3. The molecule has 1 aliphatic rings. The fourth-order valence-corrected chi connectivity index (χ4v) is 5.75. The van der Waals surface area contributed by atoms with Crippen molar-refractivity contribution in [2.45, 2.75) is 26.7 Å². The largest absolute Gasteiger partial charge is 0.294 e. The molecular weight excluding hydrogens is 488 g/mol. The van der Waals surface area contributed by atoms with Gasteiger partial charge in [-0.15, -0.1) is 0 Å². The van der Waals surface area contributed by atoms with Gasteiger partial charge in [0.2, 0.25) is 0 Å². The van der Waals surface area contributed by atoms with E-state index < -0.39 is 11.8 Å². The molecule has 5 rings (SSSR count). The standard InChI is InChI=1S/C38H36O2/c1-3-27-15-21-31(22-16-27)37(39)35-33(25-19-29-11-7-5-8-12-29)34(26-20-30-13-9-6-10-14-30)36(35)38(40)32-23-17-28(4-2)18-24-32/h5-26,33-36H,3-4H2,1-2H3/b25-19+,26-20+/t33-,34-,35+,36+/m0/s1. The van der Waals surface area contributed by atoms with Gasteiger partial charge in [0.15, 0.2) is 11.6 Å². The predicted octanol–water partition coefficient (Wildman–Crippen LogP) is 8.78. The third-order valence-electron chi connectivity index (χ3n) is 8.18. The second kappa shape index (κ2) is 12.7. The SMILES string of the molecule is CCc1ccc(C(=O)[C@@H]2[C@@H](/C=C/c3ccccc3)[C@H](/C=C/c3ccccc3)[C@H]2C(=O)c2ccc(CC)cc2)cc1. The monoisotopic (exact) mass is 524 g/mol. The average molecular weight is 525 g/mol. The van der Waals surface area contributed by atoms with E-state index in [1.807, 2.05) is 84.9 Å². The van der Waals surface area contributed by atoms with Crippen molar-refractivity contribution in [3.63, 3.8) is 0 Å². The number of benzene rings is 4. The molecule has 4 aromatic carbocycles. The summed E-state index contributed by atoms with van der Waals surface area (Å²) in [5.74, 6) is -0.978. The van der Waals surface area contributed by atoms with Crippen LogP contribution in [0.15, 0.2) is 121 Å². The van der Waals surface area contributed by atoms with Crippen molar-refractivity contribution in [2.24, 2.45) is 23.7 Å². The Balaban J connectivity index is 1.55. The van der Waals surface area contributed by atoms with Gasteiger partial charge in [-0.3, -0.25) is 9.59 Å². The van der Waals surface area contributed by atoms with E-state index >= 15 is 0 Å². The Morgan fingerprint density at radius 3 is 1.20 bits per heavy atom. The van der Waals surface area contributed by atoms with Crippen LogP contribution in [0.1, 0.15) is 56.8 Å². The summed E-state index contributed by atoms with van der Waals surface area (Å²) < 4.78 is 0. The zero-order chi connectivity index (χ0) is 27.9. The van der Waals surface area contributed by atoms with Crippen LogP contribution in [0.25, 0.3) is 12.2 Å². The number of Topliss-reactive ketones (excluding diaryl/α,β-unsaturated/α-hetero) is 2. The van der Waals surface area contributed by atoms with Gasteiger partial charge in [-0.25, -0.2) is 0 Å². The van der Waals surface area contributed by atoms with Gasteiger partial charge in [0.05, 0.1) is 0 Å². The first-order valence-electron chi connectivity index (χ1n) is 14.3. The predicted molar refractivity (Wildman–Crippen MR) is 165 cm³/mol. The van der Waals surface area contributed by atoms with E-state index in [4.69, 9.17) is 0 Å². The quantitative estimate of drug-likeness (QED) is 0.194. The Kier molecular flexibility index (Phi) is 8.66. The van der Waals surface area contributed by atoms with Gasteiger partial charge in [0, 0.05) is 23.0 Å². The van der Waals surface area contributed by atoms with Gasteiger partial charge in [-0.2, -0.15) is 0 Å². The van der Waals surface area contributed by atoms with Crippen LogP contribution in [0, 0.1) is 23.7 Å². The zero-order valence-corrected chi connectivity index (χ0v) is 23.2. The molecule has 0 amide bonds. The van der Waals surface area contributed by atoms with Gasteiger partial charge >= 0.3 is 0 Å². The Bertz CT molecular complexity index is 1360. The third-order valence-corrected chi connectivity index (χ3v) is 8.18. The lowest BCUT2D eigenvalue weighted by Crippen LogP contribution is -2.52. The molecule has 0 aliphatic heterocycles. The molecule has 40 heavy (non-hydrogen) atoms. The van der Waals surface area contributed by atoms with Gasteiger partial charge < -0.3 is 0 Å². The molecule has 2 heteroatoms. The highest BCUT2D eigenvalue weighted by molar-refractivity contribution is 6.07. The van der Waals surface area contributed by atoms with E-state index in [1.165, 1.54) is 11.1 Å². The normalized spacial score (nSPS) is 20.4. The van der Waals surface area contributed by atoms with Crippen molar-refractivity contribution in [3.8, 4) is 0 Å². The fraction of sp³-hybridized carbons (Fsp3) is 0.211. The summed E-state index contributed by atoms with van der Waals surface area (Å²) >= 11 is 0. The van der Waals surface area contributed by atoms with Crippen LogP contribution in [-0.4, -0.2) is 11.6 Å². The molecule has 200 valence electrons. The highest BCUT2D eigenvalue weighted by Gasteiger charge is 2.54. The molecule has 1 saturated carbocycles. The number of carbonyl (C=O) groups excluding carboxylic acids is 2. The second-order valence-electron chi connectivity index (χ2n) is 10.6. The minimum Gasteiger partial charge on any atom is -0.294 e. The van der Waals surface area contributed by atoms with Crippen molar-refractivity contribution in [2.75, 3.05) is 0 Å². The first-order valence-corrected chi connectivity index (χ1v) is 14.3. The van der Waals surface area contributed by atoms with E-state index in [-0.39, 0.29) is 23.4 Å². The van der Waals surface area contributed by atoms with Crippen LogP contribution < -0.4 is 0 Å². The third kappa shape index (κ3) is 5.97. The number of hydrogen-bond acceptors (Lipinski definition) is 2. The summed E-state index contributed by atoms with van der Waals surface area (Å²) in [4.78, 5) is 28.2. The summed E-state index contributed by atoms with van der Waals surface area (Å²) in [5.41, 5.74) is 5.89. The molecule has 1 aliphatic carbocycles. The molecule has 0 bridgehead atoms. The van der Waals surface area contributed by atoms with Crippen LogP contribution in [0.4, 0.5) is 0 Å². The fourth-order valence-electron chi connectivity index (χ4n) is 5.75. The molecule has 0 heterocycles. The summed E-state index contributed by atoms with van der Waals surface area (Å²) in [6.45, 7) is 4.21. The van der Waals surface area contributed by atoms with Crippen LogP contribution >= 0.6 is 0 Å². The topological polar surface area (TPSA) is 34.1 Å². The Labute approximate surface area is 238 Å². The van der Waals surface area contributed by atoms with E-state index in [9.17, 15) is 9.59 Å². The van der Waals surface area contributed by atoms with Gasteiger partial charge in [0.25, 0.3) is 0 Å². The lowest BCUT2D eigenvalue weighted by Gasteiger charge is -2.48. The maximum absolute atomic E-state index is 14.1. The van der Waals surface area contributed by atoms with Crippen molar-refractivity contribution >= 4 is 23.7 Å². The Morgan fingerprint density at radius 2 is 0.875 bits per heavy atom. The van der Waals surface area contributed by atoms with Crippen molar-refractivity contribution < 1.29 is 9.59 Å². The summed E-state index contributed by atoms with van der Waals surface area (Å²) in [6.07, 6.45) is 10.3. The minimum atomic E-state index is -0.434. The highest BCUT2D eigenvalue weighted by Crippen LogP contribution is 2.51. The van der Waals surface area contributed by atoms with Crippen molar-refractivity contribution in [3.05, 3.63) is 155 Å². The minimum absolute atomic E-state index is 0.0401. The molecule has 2 nitrogen and oxygen atoms in total. The molecule has 0 unspecified atom stereocenters. The number of rotatable bonds is 10. The van der Waals surface area contributed by atoms with Crippen molar-refractivity contribution in [1.82, 2.24) is 0 Å². The van der Waals surface area contributed by atoms with Crippen LogP contribution in [0.5, 0.6) is 0 Å². The average Bonchev–Trinajstić information content (AvgIpc) is 3.01. The van der Waals surface area contributed by atoms with Crippen molar-refractivity contribution in [1.29, 1.82) is 0 Å². The molecular formula is C38H36O2. The Hall–Kier alpha value is -4.30. The second-order valence-corrected chi connectivity index (χ2v) is 10.6. The van der Waals surface area contributed by atoms with Crippen LogP contribution in [0.2, 0.25) is 0 Å². The summed E-state index contributed by atoms with van der Waals surface area (Å²) in [6, 6.07) is 36.0. The van der Waals surface area contributed by atoms with Crippen LogP contribution in [0.3, 0.4) is 0 Å². The molecule has 4 atom stereocenters. The van der Waals surface area contributed by atoms with E-state index in [0.29, 0.717) is 11.1 Å². The molecule has 0 saturated heterocycles. The van der Waals surface area contributed by atoms with Gasteiger partial charge in [-0.05, 0) is 46.9 Å².